The van der Waals surface area contributed by atoms with E-state index in [1.54, 1.807) is 34.1 Å². The van der Waals surface area contributed by atoms with E-state index in [4.69, 9.17) is 66.3 Å². The van der Waals surface area contributed by atoms with Crippen molar-refractivity contribution in [3.63, 3.8) is 0 Å². The van der Waals surface area contributed by atoms with Crippen LogP contribution in [0.1, 0.15) is 125 Å². The van der Waals surface area contributed by atoms with Crippen molar-refractivity contribution in [2.75, 3.05) is 27.9 Å². The molecule has 0 amide bonds. The summed E-state index contributed by atoms with van der Waals surface area (Å²) in [6.45, 7) is 12.1. The van der Waals surface area contributed by atoms with E-state index in [1.165, 1.54) is 20.1 Å². The minimum atomic E-state index is -1.71. The highest BCUT2D eigenvalue weighted by molar-refractivity contribution is 5.87. The first-order chi connectivity index (χ1) is 40.9. The summed E-state index contributed by atoms with van der Waals surface area (Å²) >= 11 is 0. The van der Waals surface area contributed by atoms with Crippen LogP contribution in [0, 0.1) is 22.7 Å². The van der Waals surface area contributed by atoms with Crippen molar-refractivity contribution in [3.05, 3.63) is 53.6 Å². The molecule has 23 nitrogen and oxygen atoms in total. The average Bonchev–Trinajstić information content (AvgIpc) is 1.38. The molecule has 0 radical (unpaired) electrons. The number of benzene rings is 1. The number of carbonyl (C=O) groups is 2. The third kappa shape index (κ3) is 12.5. The van der Waals surface area contributed by atoms with Crippen LogP contribution < -0.4 is 0 Å². The summed E-state index contributed by atoms with van der Waals surface area (Å²) in [7, 11) is 4.68. The van der Waals surface area contributed by atoms with Crippen LogP contribution in [0.15, 0.2) is 48.1 Å². The Morgan fingerprint density at radius 1 is 0.651 bits per heavy atom. The average molecular weight is 1220 g/mol. The second kappa shape index (κ2) is 26.7. The molecule has 23 heteroatoms. The van der Waals surface area contributed by atoms with E-state index < -0.39 is 182 Å². The van der Waals surface area contributed by atoms with Crippen LogP contribution in [0.4, 0.5) is 0 Å². The number of methoxy groups -OCH3 is 3. The number of aliphatic hydroxyl groups excluding tert-OH is 5. The Bertz CT molecular complexity index is 2510. The van der Waals surface area contributed by atoms with Gasteiger partial charge in [-0.05, 0) is 96.6 Å². The van der Waals surface area contributed by atoms with E-state index in [2.05, 4.69) is 13.0 Å². The molecule has 1 aromatic carbocycles. The molecule has 5 saturated heterocycles. The highest BCUT2D eigenvalue weighted by Crippen LogP contribution is 2.70. The molecular formula is C63H94O23. The molecule has 0 aromatic heterocycles. The third-order valence-electron chi connectivity index (χ3n) is 21.2. The smallest absolute Gasteiger partial charge is 0.331 e. The van der Waals surface area contributed by atoms with Gasteiger partial charge in [0.2, 0.25) is 0 Å². The van der Waals surface area contributed by atoms with Crippen molar-refractivity contribution in [2.45, 2.75) is 272 Å². The van der Waals surface area contributed by atoms with Gasteiger partial charge in [-0.1, -0.05) is 55.8 Å². The summed E-state index contributed by atoms with van der Waals surface area (Å²) in [5, 5.41) is 78.5. The van der Waals surface area contributed by atoms with Crippen LogP contribution in [-0.2, 0) is 75.9 Å². The van der Waals surface area contributed by atoms with Crippen LogP contribution >= 0.6 is 0 Å². The molecular weight excluding hydrogens is 1120 g/mol. The Morgan fingerprint density at radius 2 is 1.19 bits per heavy atom. The van der Waals surface area contributed by atoms with Crippen LogP contribution in [0.2, 0.25) is 0 Å². The highest BCUT2D eigenvalue weighted by Gasteiger charge is 2.77. The van der Waals surface area contributed by atoms with Crippen molar-refractivity contribution in [1.82, 2.24) is 0 Å². The SMILES string of the molecule is COC1CC(OC2CCC3(C)C(=CCC4(O)C3CC(OC(=O)C=Cc3ccccc3)C3(C)C(C(C)=O)CCC43O)C2)OC(C)C1OC1CC(O)C(OC2CC(OC)C(OC3CC(OC)C(OC4OC(CO)C(O)C(O)C4O)C(C)O3)C(C)O2)C(C)O1. The first-order valence-corrected chi connectivity index (χ1v) is 30.9. The number of rotatable bonds is 18. The molecule has 0 spiro atoms. The molecule has 5 aliphatic heterocycles. The number of carbonyl (C=O) groups excluding carboxylic acids is 2. The van der Waals surface area contributed by atoms with Gasteiger partial charge in [-0.3, -0.25) is 4.79 Å². The molecule has 10 rings (SSSR count). The van der Waals surface area contributed by atoms with Gasteiger partial charge in [-0.2, -0.15) is 0 Å². The van der Waals surface area contributed by atoms with Crippen molar-refractivity contribution in [3.8, 4) is 0 Å². The molecule has 1 aromatic rings. The van der Waals surface area contributed by atoms with Gasteiger partial charge < -0.3 is 102 Å². The zero-order valence-corrected chi connectivity index (χ0v) is 51.2. The largest absolute Gasteiger partial charge is 0.458 e. The first kappa shape index (κ1) is 66.0. The van der Waals surface area contributed by atoms with Gasteiger partial charge in [0.15, 0.2) is 31.5 Å². The number of ketones is 1. The topological polar surface area (TPSA) is 305 Å². The predicted octanol–water partition coefficient (Wildman–Crippen LogP) is 3.29. The molecule has 29 unspecified atom stereocenters. The lowest BCUT2D eigenvalue weighted by Crippen LogP contribution is -2.75. The Hall–Kier alpha value is -2.96. The lowest BCUT2D eigenvalue weighted by molar-refractivity contribution is -0.358. The van der Waals surface area contributed by atoms with Crippen molar-refractivity contribution in [2.24, 2.45) is 22.7 Å². The van der Waals surface area contributed by atoms with Crippen molar-refractivity contribution < 1.29 is 112 Å². The monoisotopic (exact) mass is 1220 g/mol. The molecule has 4 aliphatic carbocycles. The quantitative estimate of drug-likeness (QED) is 0.0630. The fourth-order valence-electron chi connectivity index (χ4n) is 16.4. The van der Waals surface area contributed by atoms with Gasteiger partial charge in [0.25, 0.3) is 0 Å². The van der Waals surface area contributed by atoms with Gasteiger partial charge in [0.1, 0.15) is 71.9 Å². The summed E-state index contributed by atoms with van der Waals surface area (Å²) < 4.78 is 87.5. The maximum atomic E-state index is 13.6. The van der Waals surface area contributed by atoms with Gasteiger partial charge in [0.05, 0.1) is 61.5 Å². The summed E-state index contributed by atoms with van der Waals surface area (Å²) in [4.78, 5) is 26.9. The maximum absolute atomic E-state index is 13.6. The lowest BCUT2D eigenvalue weighted by atomic mass is 9.43. The van der Waals surface area contributed by atoms with Crippen molar-refractivity contribution in [1.29, 1.82) is 0 Å². The van der Waals surface area contributed by atoms with Crippen LogP contribution in [0.5, 0.6) is 0 Å². The van der Waals surface area contributed by atoms with Gasteiger partial charge >= 0.3 is 5.97 Å². The van der Waals surface area contributed by atoms with Gasteiger partial charge in [0, 0.05) is 70.3 Å². The van der Waals surface area contributed by atoms with Crippen molar-refractivity contribution >= 4 is 17.8 Å². The van der Waals surface area contributed by atoms with Gasteiger partial charge in [-0.15, -0.1) is 0 Å². The number of aliphatic hydroxyl groups is 7. The Morgan fingerprint density at radius 3 is 1.73 bits per heavy atom. The molecule has 484 valence electrons. The second-order valence-electron chi connectivity index (χ2n) is 26.1. The summed E-state index contributed by atoms with van der Waals surface area (Å²) in [5.41, 5.74) is -3.15. The lowest BCUT2D eigenvalue weighted by Gasteiger charge is -2.66. The highest BCUT2D eigenvalue weighted by atomic mass is 16.8. The molecule has 0 bridgehead atoms. The number of fused-ring (bicyclic) bond motifs is 5. The zero-order chi connectivity index (χ0) is 61.8. The molecule has 29 atom stereocenters. The number of Topliss-reactive ketones (excluding diaryl/α,β-unsaturated/α-hetero) is 1. The van der Waals surface area contributed by atoms with Crippen LogP contribution in [-0.4, -0.2) is 228 Å². The first-order valence-electron chi connectivity index (χ1n) is 30.9. The fraction of sp³-hybridized carbons (Fsp3) is 0.810. The standard InChI is InChI=1S/C63H94O23/c1-31(65)39-20-23-63(72)61(39,7)46(82-47(67)17-16-36-14-12-11-13-15-36)29-45-60(6)21-19-38(24-37(60)18-22-62(45,63)71)80-49-26-41(73-8)56(33(3)77-49)84-48-25-40(66)55(32(2)76-48)83-50-27-42(74-9)57(34(4)78-50)85-51-28-43(75-10)58(35(5)79-51)86-59-54(70)53(69)52(68)44(30-64)81-59/h11-18,32-35,38-46,48-59,64,66,68-72H,19-30H2,1-10H3. The molecule has 9 aliphatic rings. The van der Waals surface area contributed by atoms with Crippen LogP contribution in [0.3, 0.4) is 0 Å². The zero-order valence-electron chi connectivity index (χ0n) is 51.2. The Labute approximate surface area is 503 Å². The van der Waals surface area contributed by atoms with E-state index in [9.17, 15) is 45.3 Å². The Kier molecular flexibility index (Phi) is 20.5. The minimum Gasteiger partial charge on any atom is -0.458 e. The molecule has 5 heterocycles. The normalized spacial score (nSPS) is 48.8. The van der Waals surface area contributed by atoms with E-state index >= 15 is 0 Å². The molecule has 3 saturated carbocycles. The second-order valence-corrected chi connectivity index (χ2v) is 26.1. The van der Waals surface area contributed by atoms with E-state index in [0.717, 1.165) is 11.1 Å². The number of hydrogen-bond acceptors (Lipinski definition) is 23. The number of esters is 1. The van der Waals surface area contributed by atoms with Crippen LogP contribution in [0.25, 0.3) is 6.08 Å². The fourth-order valence-corrected chi connectivity index (χ4v) is 16.4. The molecule has 7 N–H and O–H groups in total. The Balaban J connectivity index is 0.710. The number of hydrogen-bond donors (Lipinski definition) is 7. The summed E-state index contributed by atoms with van der Waals surface area (Å²) in [6.07, 6.45) is -10.2. The van der Waals surface area contributed by atoms with E-state index in [1.807, 2.05) is 51.1 Å². The third-order valence-corrected chi connectivity index (χ3v) is 21.2. The maximum Gasteiger partial charge on any atom is 0.331 e. The summed E-state index contributed by atoms with van der Waals surface area (Å²) in [5.74, 6) is -1.77. The van der Waals surface area contributed by atoms with E-state index in [-0.39, 0.29) is 50.4 Å². The molecule has 86 heavy (non-hydrogen) atoms. The predicted molar refractivity (Wildman–Crippen MR) is 302 cm³/mol. The molecule has 8 fully saturated rings. The minimum absolute atomic E-state index is 0.0871. The van der Waals surface area contributed by atoms with E-state index in [0.29, 0.717) is 32.1 Å². The van der Waals surface area contributed by atoms with Gasteiger partial charge in [-0.25, -0.2) is 4.79 Å². The summed E-state index contributed by atoms with van der Waals surface area (Å²) in [6, 6.07) is 9.42. The number of ether oxygens (including phenoxy) is 14.